The third kappa shape index (κ3) is 3.14. The van der Waals surface area contributed by atoms with Gasteiger partial charge in [-0.3, -0.25) is 4.79 Å². The number of hydrogen-bond donors (Lipinski definition) is 0. The quantitative estimate of drug-likeness (QED) is 0.400. The Morgan fingerprint density at radius 3 is 1.33 bits per heavy atom. The first-order valence-corrected chi connectivity index (χ1v) is 10.2. The lowest BCUT2D eigenvalue weighted by molar-refractivity contribution is -0.131. The number of rotatable bonds is 5. The van der Waals surface area contributed by atoms with E-state index in [1.165, 1.54) is 0 Å². The van der Waals surface area contributed by atoms with Gasteiger partial charge in [0.15, 0.2) is 0 Å². The van der Waals surface area contributed by atoms with Gasteiger partial charge in [0.25, 0.3) is 0 Å². The summed E-state index contributed by atoms with van der Waals surface area (Å²) in [7, 11) is -2.94. The van der Waals surface area contributed by atoms with Gasteiger partial charge in [0, 0.05) is 0 Å². The van der Waals surface area contributed by atoms with Crippen molar-refractivity contribution in [3.63, 3.8) is 0 Å². The van der Waals surface area contributed by atoms with Gasteiger partial charge in [0.05, 0.1) is 0 Å². The largest absolute Gasteiger partial charge is 0.505 e. The van der Waals surface area contributed by atoms with E-state index >= 15 is 0 Å². The zero-order chi connectivity index (χ0) is 16.8. The second-order valence-electron chi connectivity index (χ2n) is 5.39. The molecular formula is C20H17ClO2Si. The van der Waals surface area contributed by atoms with Gasteiger partial charge in [-0.1, -0.05) is 91.0 Å². The van der Waals surface area contributed by atoms with Gasteiger partial charge in [-0.2, -0.15) is 0 Å². The van der Waals surface area contributed by atoms with E-state index in [1.54, 1.807) is 0 Å². The van der Waals surface area contributed by atoms with Gasteiger partial charge in [-0.05, 0) is 15.6 Å². The molecule has 0 aliphatic carbocycles. The van der Waals surface area contributed by atoms with Gasteiger partial charge in [0.1, 0.15) is 5.88 Å². The highest BCUT2D eigenvalue weighted by Gasteiger charge is 2.45. The molecule has 0 saturated carbocycles. The maximum absolute atomic E-state index is 12.2. The number of alkyl halides is 1. The normalized spacial score (nSPS) is 11.0. The van der Waals surface area contributed by atoms with Crippen molar-refractivity contribution in [3.8, 4) is 0 Å². The Morgan fingerprint density at radius 2 is 1.04 bits per heavy atom. The highest BCUT2D eigenvalue weighted by Crippen LogP contribution is 2.10. The number of halogens is 1. The summed E-state index contributed by atoms with van der Waals surface area (Å²) >= 11 is 5.77. The van der Waals surface area contributed by atoms with Crippen molar-refractivity contribution in [2.75, 3.05) is 5.88 Å². The second kappa shape index (κ2) is 7.47. The molecule has 0 unspecified atom stereocenters. The fraction of sp³-hybridized carbons (Fsp3) is 0.0500. The average Bonchev–Trinajstić information content (AvgIpc) is 2.68. The maximum Gasteiger partial charge on any atom is 0.350 e. The molecule has 0 fully saturated rings. The van der Waals surface area contributed by atoms with E-state index in [4.69, 9.17) is 16.0 Å². The van der Waals surface area contributed by atoms with Crippen LogP contribution in [0.25, 0.3) is 0 Å². The monoisotopic (exact) mass is 352 g/mol. The average molecular weight is 353 g/mol. The summed E-state index contributed by atoms with van der Waals surface area (Å²) < 4.78 is 6.11. The van der Waals surface area contributed by atoms with E-state index in [-0.39, 0.29) is 5.88 Å². The van der Waals surface area contributed by atoms with Crippen molar-refractivity contribution >= 4 is 41.4 Å². The molecule has 0 aliphatic heterocycles. The molecule has 4 heteroatoms. The van der Waals surface area contributed by atoms with Crippen LogP contribution in [0.3, 0.4) is 0 Å². The Morgan fingerprint density at radius 1 is 0.708 bits per heavy atom. The van der Waals surface area contributed by atoms with Gasteiger partial charge in [-0.25, -0.2) is 0 Å². The Hall–Kier alpha value is -2.36. The standard InChI is InChI=1S/C20H17ClO2Si/c21-16-20(22)23-24(17-10-4-1-5-11-17,18-12-6-2-7-13-18)19-14-8-3-9-15-19/h1-15H,16H2. The summed E-state index contributed by atoms with van der Waals surface area (Å²) in [6.07, 6.45) is 0. The van der Waals surface area contributed by atoms with E-state index in [1.807, 2.05) is 91.0 Å². The van der Waals surface area contributed by atoms with E-state index in [2.05, 4.69) is 0 Å². The molecule has 3 aromatic carbocycles. The lowest BCUT2D eigenvalue weighted by Crippen LogP contribution is -2.70. The van der Waals surface area contributed by atoms with Gasteiger partial charge < -0.3 is 4.43 Å². The van der Waals surface area contributed by atoms with E-state index in [0.29, 0.717) is 0 Å². The van der Waals surface area contributed by atoms with Crippen LogP contribution in [0.15, 0.2) is 91.0 Å². The van der Waals surface area contributed by atoms with Crippen molar-refractivity contribution in [1.82, 2.24) is 0 Å². The minimum Gasteiger partial charge on any atom is -0.505 e. The molecular weight excluding hydrogens is 336 g/mol. The van der Waals surface area contributed by atoms with Crippen molar-refractivity contribution < 1.29 is 9.22 Å². The SMILES string of the molecule is O=C(CCl)O[Si](c1ccccc1)(c1ccccc1)c1ccccc1. The minimum absolute atomic E-state index is 0.165. The molecule has 0 heterocycles. The van der Waals surface area contributed by atoms with Crippen LogP contribution in [0, 0.1) is 0 Å². The van der Waals surface area contributed by atoms with Crippen molar-refractivity contribution in [1.29, 1.82) is 0 Å². The lowest BCUT2D eigenvalue weighted by Gasteiger charge is -2.32. The summed E-state index contributed by atoms with van der Waals surface area (Å²) in [4.78, 5) is 12.2. The molecule has 0 saturated heterocycles. The Labute approximate surface area is 147 Å². The molecule has 0 aromatic heterocycles. The molecule has 2 nitrogen and oxygen atoms in total. The first kappa shape index (κ1) is 16.5. The topological polar surface area (TPSA) is 26.3 Å². The molecule has 0 radical (unpaired) electrons. The van der Waals surface area contributed by atoms with E-state index < -0.39 is 14.3 Å². The minimum atomic E-state index is -2.94. The van der Waals surface area contributed by atoms with E-state index in [0.717, 1.165) is 15.6 Å². The van der Waals surface area contributed by atoms with Crippen LogP contribution >= 0.6 is 11.6 Å². The van der Waals surface area contributed by atoms with Crippen molar-refractivity contribution in [3.05, 3.63) is 91.0 Å². The van der Waals surface area contributed by atoms with Crippen molar-refractivity contribution in [2.24, 2.45) is 0 Å². The molecule has 0 bridgehead atoms. The first-order valence-electron chi connectivity index (χ1n) is 7.72. The molecule has 0 N–H and O–H groups in total. The van der Waals surface area contributed by atoms with Crippen LogP contribution in [-0.2, 0) is 9.22 Å². The Bertz CT molecular complexity index is 695. The molecule has 0 amide bonds. The predicted octanol–water partition coefficient (Wildman–Crippen LogP) is 2.44. The summed E-state index contributed by atoms with van der Waals surface area (Å²) in [6, 6.07) is 29.8. The summed E-state index contributed by atoms with van der Waals surface area (Å²) in [5, 5.41) is 3.04. The fourth-order valence-electron chi connectivity index (χ4n) is 2.89. The van der Waals surface area contributed by atoms with Crippen LogP contribution in [-0.4, -0.2) is 20.2 Å². The second-order valence-corrected chi connectivity index (χ2v) is 8.95. The molecule has 0 aliphatic rings. The highest BCUT2D eigenvalue weighted by atomic mass is 35.5. The van der Waals surface area contributed by atoms with Crippen LogP contribution < -0.4 is 15.6 Å². The highest BCUT2D eigenvalue weighted by molar-refractivity contribution is 7.07. The number of carbonyl (C=O) groups excluding carboxylic acids is 1. The zero-order valence-electron chi connectivity index (χ0n) is 13.1. The summed E-state index contributed by atoms with van der Waals surface area (Å²) in [5.41, 5.74) is 0. The van der Waals surface area contributed by atoms with Crippen LogP contribution in [0.4, 0.5) is 0 Å². The predicted molar refractivity (Wildman–Crippen MR) is 101 cm³/mol. The first-order chi connectivity index (χ1) is 11.8. The van der Waals surface area contributed by atoms with Crippen LogP contribution in [0.1, 0.15) is 0 Å². The summed E-state index contributed by atoms with van der Waals surface area (Å²) in [5.74, 6) is -0.568. The zero-order valence-corrected chi connectivity index (χ0v) is 14.8. The smallest absolute Gasteiger partial charge is 0.350 e. The van der Waals surface area contributed by atoms with Crippen LogP contribution in [0.2, 0.25) is 0 Å². The van der Waals surface area contributed by atoms with E-state index in [9.17, 15) is 4.79 Å². The molecule has 0 spiro atoms. The summed E-state index contributed by atoms with van der Waals surface area (Å²) in [6.45, 7) is 0. The molecule has 0 atom stereocenters. The number of hydrogen-bond acceptors (Lipinski definition) is 2. The number of benzene rings is 3. The number of carbonyl (C=O) groups is 1. The Kier molecular flexibility index (Phi) is 5.13. The van der Waals surface area contributed by atoms with Crippen LogP contribution in [0.5, 0.6) is 0 Å². The lowest BCUT2D eigenvalue weighted by atomic mass is 10.3. The Balaban J connectivity index is 2.30. The van der Waals surface area contributed by atoms with Gasteiger partial charge in [0.2, 0.25) is 0 Å². The van der Waals surface area contributed by atoms with Gasteiger partial charge in [-0.15, -0.1) is 11.6 Å². The third-order valence-electron chi connectivity index (χ3n) is 3.92. The van der Waals surface area contributed by atoms with Gasteiger partial charge >= 0.3 is 14.3 Å². The molecule has 3 rings (SSSR count). The maximum atomic E-state index is 12.2. The molecule has 120 valence electrons. The molecule has 3 aromatic rings. The fourth-order valence-corrected chi connectivity index (χ4v) is 6.79. The molecule has 24 heavy (non-hydrogen) atoms. The van der Waals surface area contributed by atoms with Crippen molar-refractivity contribution in [2.45, 2.75) is 0 Å². The third-order valence-corrected chi connectivity index (χ3v) is 8.11.